The Morgan fingerprint density at radius 3 is 2.70 bits per heavy atom. The molecule has 108 valence electrons. The zero-order valence-corrected chi connectivity index (χ0v) is 12.1. The molecule has 0 aliphatic carbocycles. The molecular weight excluding hydrogens is 248 g/mol. The molecule has 3 heteroatoms. The van der Waals surface area contributed by atoms with Gasteiger partial charge in [-0.3, -0.25) is 4.79 Å². The molecule has 1 fully saturated rings. The number of fused-ring (bicyclic) bond motifs is 1. The van der Waals surface area contributed by atoms with Crippen molar-refractivity contribution in [2.75, 3.05) is 19.6 Å². The predicted molar refractivity (Wildman–Crippen MR) is 80.6 cm³/mol. The summed E-state index contributed by atoms with van der Waals surface area (Å²) in [4.78, 5) is 14.6. The zero-order valence-electron chi connectivity index (χ0n) is 12.1. The van der Waals surface area contributed by atoms with Gasteiger partial charge in [0, 0.05) is 38.5 Å². The molecule has 1 N–H and O–H groups in total. The standard InChI is InChI=1S/C17H24N2O/c20-17(19-9-5-1-2-6-10-19)11-15-13-18-12-14-7-3-4-8-16(14)15/h3-4,7-8,15,18H,1-2,5-6,9-13H2. The molecule has 20 heavy (non-hydrogen) atoms. The number of amides is 1. The average molecular weight is 272 g/mol. The lowest BCUT2D eigenvalue weighted by Gasteiger charge is -2.28. The Hall–Kier alpha value is -1.35. The van der Waals surface area contributed by atoms with Crippen LogP contribution in [0.25, 0.3) is 0 Å². The first kappa shape index (κ1) is 13.6. The molecule has 0 bridgehead atoms. The van der Waals surface area contributed by atoms with Gasteiger partial charge in [-0.25, -0.2) is 0 Å². The third-order valence-electron chi connectivity index (χ3n) is 4.58. The maximum absolute atomic E-state index is 12.5. The summed E-state index contributed by atoms with van der Waals surface area (Å²) in [6.07, 6.45) is 5.55. The fourth-order valence-corrected chi connectivity index (χ4v) is 3.43. The maximum Gasteiger partial charge on any atom is 0.223 e. The second-order valence-electron chi connectivity index (χ2n) is 6.03. The maximum atomic E-state index is 12.5. The molecule has 3 nitrogen and oxygen atoms in total. The van der Waals surface area contributed by atoms with Crippen LogP contribution in [0.2, 0.25) is 0 Å². The van der Waals surface area contributed by atoms with Crippen molar-refractivity contribution < 1.29 is 4.79 Å². The van der Waals surface area contributed by atoms with E-state index in [2.05, 4.69) is 34.5 Å². The van der Waals surface area contributed by atoms with Gasteiger partial charge in [-0.15, -0.1) is 0 Å². The van der Waals surface area contributed by atoms with Crippen LogP contribution < -0.4 is 5.32 Å². The van der Waals surface area contributed by atoms with Crippen molar-refractivity contribution >= 4 is 5.91 Å². The Morgan fingerprint density at radius 2 is 1.90 bits per heavy atom. The quantitative estimate of drug-likeness (QED) is 0.897. The van der Waals surface area contributed by atoms with Crippen LogP contribution in [0.4, 0.5) is 0 Å². The normalized spacial score (nSPS) is 23.0. The fourth-order valence-electron chi connectivity index (χ4n) is 3.43. The number of hydrogen-bond acceptors (Lipinski definition) is 2. The Morgan fingerprint density at radius 1 is 1.15 bits per heavy atom. The Kier molecular flexibility index (Phi) is 4.36. The summed E-state index contributed by atoms with van der Waals surface area (Å²) in [7, 11) is 0. The molecule has 1 aromatic rings. The summed E-state index contributed by atoms with van der Waals surface area (Å²) in [5.74, 6) is 0.686. The largest absolute Gasteiger partial charge is 0.343 e. The van der Waals surface area contributed by atoms with Gasteiger partial charge in [-0.2, -0.15) is 0 Å². The SMILES string of the molecule is O=C(CC1CNCc2ccccc21)N1CCCCCC1. The van der Waals surface area contributed by atoms with E-state index in [-0.39, 0.29) is 0 Å². The molecule has 2 heterocycles. The number of nitrogens with zero attached hydrogens (tertiary/aromatic N) is 1. The highest BCUT2D eigenvalue weighted by molar-refractivity contribution is 5.77. The van der Waals surface area contributed by atoms with E-state index in [1.54, 1.807) is 0 Å². The van der Waals surface area contributed by atoms with Crippen LogP contribution in [0.5, 0.6) is 0 Å². The topological polar surface area (TPSA) is 32.3 Å². The van der Waals surface area contributed by atoms with Gasteiger partial charge in [0.15, 0.2) is 0 Å². The summed E-state index contributed by atoms with van der Waals surface area (Å²) in [5, 5.41) is 3.44. The van der Waals surface area contributed by atoms with E-state index in [1.165, 1.54) is 36.8 Å². The number of carbonyl (C=O) groups excluding carboxylic acids is 1. The second-order valence-corrected chi connectivity index (χ2v) is 6.03. The van der Waals surface area contributed by atoms with Crippen molar-refractivity contribution in [3.05, 3.63) is 35.4 Å². The number of likely N-dealkylation sites (tertiary alicyclic amines) is 1. The molecule has 1 amide bonds. The summed E-state index contributed by atoms with van der Waals surface area (Å²) in [5.41, 5.74) is 2.72. The molecule has 0 saturated carbocycles. The summed E-state index contributed by atoms with van der Waals surface area (Å²) in [6.45, 7) is 3.78. The van der Waals surface area contributed by atoms with E-state index in [4.69, 9.17) is 0 Å². The van der Waals surface area contributed by atoms with Crippen LogP contribution >= 0.6 is 0 Å². The fraction of sp³-hybridized carbons (Fsp3) is 0.588. The third kappa shape index (κ3) is 3.04. The van der Waals surface area contributed by atoms with Crippen LogP contribution in [0, 0.1) is 0 Å². The molecule has 1 saturated heterocycles. The predicted octanol–water partition coefficient (Wildman–Crippen LogP) is 2.67. The van der Waals surface area contributed by atoms with E-state index >= 15 is 0 Å². The van der Waals surface area contributed by atoms with E-state index in [1.807, 2.05) is 0 Å². The van der Waals surface area contributed by atoms with Crippen LogP contribution in [-0.4, -0.2) is 30.4 Å². The zero-order chi connectivity index (χ0) is 13.8. The molecule has 0 radical (unpaired) electrons. The number of rotatable bonds is 2. The summed E-state index contributed by atoms with van der Waals surface area (Å²) in [6, 6.07) is 8.54. The van der Waals surface area contributed by atoms with Crippen molar-refractivity contribution in [1.29, 1.82) is 0 Å². The average Bonchev–Trinajstić information content (AvgIpc) is 2.77. The minimum absolute atomic E-state index is 0.343. The molecule has 0 aromatic heterocycles. The van der Waals surface area contributed by atoms with Crippen molar-refractivity contribution in [3.63, 3.8) is 0 Å². The minimum Gasteiger partial charge on any atom is -0.343 e. The van der Waals surface area contributed by atoms with Crippen LogP contribution in [0.15, 0.2) is 24.3 Å². The lowest BCUT2D eigenvalue weighted by Crippen LogP contribution is -2.36. The van der Waals surface area contributed by atoms with Gasteiger partial charge >= 0.3 is 0 Å². The minimum atomic E-state index is 0.343. The van der Waals surface area contributed by atoms with Gasteiger partial charge in [-0.05, 0) is 24.0 Å². The van der Waals surface area contributed by atoms with Crippen molar-refractivity contribution in [2.45, 2.75) is 44.6 Å². The number of benzene rings is 1. The first-order valence-electron chi connectivity index (χ1n) is 7.91. The Bertz CT molecular complexity index is 464. The molecule has 1 atom stereocenters. The van der Waals surface area contributed by atoms with E-state index in [0.29, 0.717) is 18.2 Å². The van der Waals surface area contributed by atoms with Gasteiger partial charge in [-0.1, -0.05) is 37.1 Å². The van der Waals surface area contributed by atoms with E-state index < -0.39 is 0 Å². The number of carbonyl (C=O) groups is 1. The summed E-state index contributed by atoms with van der Waals surface area (Å²) < 4.78 is 0. The van der Waals surface area contributed by atoms with E-state index in [0.717, 1.165) is 26.2 Å². The van der Waals surface area contributed by atoms with Gasteiger partial charge in [0.25, 0.3) is 0 Å². The van der Waals surface area contributed by atoms with Crippen LogP contribution in [-0.2, 0) is 11.3 Å². The van der Waals surface area contributed by atoms with Gasteiger partial charge in [0.05, 0.1) is 0 Å². The van der Waals surface area contributed by atoms with Crippen molar-refractivity contribution in [1.82, 2.24) is 10.2 Å². The molecule has 1 aromatic carbocycles. The van der Waals surface area contributed by atoms with Gasteiger partial charge in [0.1, 0.15) is 0 Å². The highest BCUT2D eigenvalue weighted by Gasteiger charge is 2.24. The Balaban J connectivity index is 1.67. The molecule has 0 spiro atoms. The molecular formula is C17H24N2O. The highest BCUT2D eigenvalue weighted by Crippen LogP contribution is 2.27. The Labute approximate surface area is 121 Å². The highest BCUT2D eigenvalue weighted by atomic mass is 16.2. The van der Waals surface area contributed by atoms with E-state index in [9.17, 15) is 4.79 Å². The summed E-state index contributed by atoms with van der Waals surface area (Å²) >= 11 is 0. The first-order chi connectivity index (χ1) is 9.84. The van der Waals surface area contributed by atoms with Crippen LogP contribution in [0.3, 0.4) is 0 Å². The third-order valence-corrected chi connectivity index (χ3v) is 4.58. The number of hydrogen-bond donors (Lipinski definition) is 1. The van der Waals surface area contributed by atoms with Gasteiger partial charge in [0.2, 0.25) is 5.91 Å². The monoisotopic (exact) mass is 272 g/mol. The van der Waals surface area contributed by atoms with Crippen LogP contribution in [0.1, 0.15) is 49.1 Å². The lowest BCUT2D eigenvalue weighted by atomic mass is 9.88. The van der Waals surface area contributed by atoms with Crippen molar-refractivity contribution in [3.8, 4) is 0 Å². The molecule has 2 aliphatic rings. The molecule has 2 aliphatic heterocycles. The lowest BCUT2D eigenvalue weighted by molar-refractivity contribution is -0.131. The first-order valence-corrected chi connectivity index (χ1v) is 7.91. The second kappa shape index (κ2) is 6.40. The smallest absolute Gasteiger partial charge is 0.223 e. The number of nitrogens with one attached hydrogen (secondary N) is 1. The molecule has 3 rings (SSSR count). The molecule has 1 unspecified atom stereocenters. The van der Waals surface area contributed by atoms with Crippen molar-refractivity contribution in [2.24, 2.45) is 0 Å². The van der Waals surface area contributed by atoms with Gasteiger partial charge < -0.3 is 10.2 Å².